The molecule has 0 saturated heterocycles. The number of nitrogens with zero attached hydrogens (tertiary/aromatic N) is 4. The molecule has 0 aliphatic carbocycles. The van der Waals surface area contributed by atoms with Crippen LogP contribution >= 0.6 is 0 Å². The van der Waals surface area contributed by atoms with E-state index < -0.39 is 0 Å². The number of hydrogen-bond donors (Lipinski definition) is 0. The number of benzene rings is 9. The summed E-state index contributed by atoms with van der Waals surface area (Å²) in [5.74, 6) is 0.684. The average molecular weight is 763 g/mol. The summed E-state index contributed by atoms with van der Waals surface area (Å²) in [6.45, 7) is 0. The summed E-state index contributed by atoms with van der Waals surface area (Å²) >= 11 is 0. The van der Waals surface area contributed by atoms with Crippen LogP contribution in [0.1, 0.15) is 0 Å². The summed E-state index contributed by atoms with van der Waals surface area (Å²) < 4.78 is 4.91. The van der Waals surface area contributed by atoms with Gasteiger partial charge in [0.05, 0.1) is 39.0 Å². The maximum atomic E-state index is 5.30. The minimum Gasteiger partial charge on any atom is -0.309 e. The minimum atomic E-state index is 0.684. The number of aromatic nitrogens is 4. The van der Waals surface area contributed by atoms with Gasteiger partial charge in [0.25, 0.3) is 0 Å². The summed E-state index contributed by atoms with van der Waals surface area (Å²) in [5.41, 5.74) is 14.3. The van der Waals surface area contributed by atoms with E-state index in [0.717, 1.165) is 44.8 Å². The van der Waals surface area contributed by atoms with Crippen molar-refractivity contribution in [3.63, 3.8) is 0 Å². The number of rotatable bonds is 5. The Bertz CT molecular complexity index is 3820. The van der Waals surface area contributed by atoms with Crippen molar-refractivity contribution < 1.29 is 0 Å². The molecule has 0 atom stereocenters. The molecule has 278 valence electrons. The van der Waals surface area contributed by atoms with Gasteiger partial charge in [-0.05, 0) is 65.0 Å². The van der Waals surface area contributed by atoms with E-state index in [-0.39, 0.29) is 0 Å². The Morgan fingerprint density at radius 3 is 1.70 bits per heavy atom. The highest BCUT2D eigenvalue weighted by atomic mass is 15.0. The first-order valence-electron chi connectivity index (χ1n) is 20.5. The Balaban J connectivity index is 1.04. The Morgan fingerprint density at radius 1 is 0.300 bits per heavy atom. The number of hydrogen-bond acceptors (Lipinski definition) is 2. The first-order valence-corrected chi connectivity index (χ1v) is 20.5. The van der Waals surface area contributed by atoms with Crippen molar-refractivity contribution in [1.29, 1.82) is 0 Å². The molecule has 0 aliphatic heterocycles. The molecule has 0 fully saturated rings. The van der Waals surface area contributed by atoms with E-state index in [1.54, 1.807) is 0 Å². The lowest BCUT2D eigenvalue weighted by atomic mass is 10.0. The molecule has 60 heavy (non-hydrogen) atoms. The van der Waals surface area contributed by atoms with Crippen LogP contribution in [-0.2, 0) is 0 Å². The summed E-state index contributed by atoms with van der Waals surface area (Å²) in [7, 11) is 0. The zero-order valence-electron chi connectivity index (χ0n) is 32.4. The maximum Gasteiger partial charge on any atom is 0.160 e. The van der Waals surface area contributed by atoms with Crippen molar-refractivity contribution in [1.82, 2.24) is 18.9 Å². The third-order valence-electron chi connectivity index (χ3n) is 12.4. The lowest BCUT2D eigenvalue weighted by Crippen LogP contribution is -1.98. The molecule has 0 saturated carbocycles. The SMILES string of the molecule is c1ccc(-c2cccc(-c3cc(-c4ccccc4)nc(-c4cccc(-n5c6ccccc6c6ccc7cc8c(cc7c65)c5cccc6c7ccccc7n8c65)c4)n3)c2)cc1. The monoisotopic (exact) mass is 762 g/mol. The first-order chi connectivity index (χ1) is 29.7. The van der Waals surface area contributed by atoms with Crippen LogP contribution in [0.5, 0.6) is 0 Å². The maximum absolute atomic E-state index is 5.30. The van der Waals surface area contributed by atoms with Gasteiger partial charge < -0.3 is 8.97 Å². The summed E-state index contributed by atoms with van der Waals surface area (Å²) in [5, 5.41) is 10.0. The Hall–Kier alpha value is -8.08. The van der Waals surface area contributed by atoms with Crippen molar-refractivity contribution in [2.24, 2.45) is 0 Å². The minimum absolute atomic E-state index is 0.684. The topological polar surface area (TPSA) is 35.1 Å². The number of fused-ring (bicyclic) bond motifs is 11. The summed E-state index contributed by atoms with van der Waals surface area (Å²) in [6, 6.07) is 74.2. The second-order valence-electron chi connectivity index (χ2n) is 15.8. The molecule has 13 aromatic rings. The van der Waals surface area contributed by atoms with Gasteiger partial charge in [-0.25, -0.2) is 9.97 Å². The Kier molecular flexibility index (Phi) is 6.98. The zero-order chi connectivity index (χ0) is 39.3. The molecule has 9 aromatic carbocycles. The van der Waals surface area contributed by atoms with Crippen molar-refractivity contribution in [2.75, 3.05) is 0 Å². The summed E-state index contributed by atoms with van der Waals surface area (Å²) in [4.78, 5) is 10.6. The molecular weight excluding hydrogens is 729 g/mol. The molecule has 0 aliphatic rings. The van der Waals surface area contributed by atoms with Crippen molar-refractivity contribution in [3.05, 3.63) is 206 Å². The fraction of sp³-hybridized carbons (Fsp3) is 0. The molecule has 4 nitrogen and oxygen atoms in total. The molecule has 4 heterocycles. The van der Waals surface area contributed by atoms with Gasteiger partial charge in [0.2, 0.25) is 0 Å². The molecule has 0 spiro atoms. The van der Waals surface area contributed by atoms with Crippen LogP contribution < -0.4 is 0 Å². The standard InChI is InChI=1S/C56H34N4/c1-3-14-35(15-4-1)37-18-11-19-39(30-37)50-34-49(36-16-5-2-6-17-36)57-56(58-50)40-20-12-21-41(31-40)59-51-26-9-7-23-43(51)46-29-28-38-32-53-48(33-47(38)55(46)59)45-25-13-24-44-42-22-8-10-27-52(42)60(53)54(44)45/h1-34H. The van der Waals surface area contributed by atoms with Crippen LogP contribution in [0.25, 0.3) is 121 Å². The van der Waals surface area contributed by atoms with E-state index in [9.17, 15) is 0 Å². The highest BCUT2D eigenvalue weighted by Crippen LogP contribution is 2.43. The van der Waals surface area contributed by atoms with E-state index in [1.165, 1.54) is 70.7 Å². The third-order valence-corrected chi connectivity index (χ3v) is 12.4. The highest BCUT2D eigenvalue weighted by molar-refractivity contribution is 6.27. The van der Waals surface area contributed by atoms with Crippen molar-refractivity contribution >= 4 is 70.7 Å². The molecule has 0 radical (unpaired) electrons. The smallest absolute Gasteiger partial charge is 0.160 e. The van der Waals surface area contributed by atoms with E-state index in [1.807, 2.05) is 6.07 Å². The molecule has 0 unspecified atom stereocenters. The molecule has 13 rings (SSSR count). The third kappa shape index (κ3) is 4.85. The van der Waals surface area contributed by atoms with Crippen LogP contribution in [0.2, 0.25) is 0 Å². The number of para-hydroxylation sites is 3. The van der Waals surface area contributed by atoms with Crippen LogP contribution in [0, 0.1) is 0 Å². The molecule has 0 bridgehead atoms. The van der Waals surface area contributed by atoms with Gasteiger partial charge in [0.1, 0.15) is 0 Å². The predicted molar refractivity (Wildman–Crippen MR) is 250 cm³/mol. The van der Waals surface area contributed by atoms with Gasteiger partial charge in [-0.15, -0.1) is 0 Å². The van der Waals surface area contributed by atoms with Crippen LogP contribution in [0.4, 0.5) is 0 Å². The van der Waals surface area contributed by atoms with Crippen LogP contribution in [-0.4, -0.2) is 18.9 Å². The van der Waals surface area contributed by atoms with E-state index in [0.29, 0.717) is 5.82 Å². The van der Waals surface area contributed by atoms with E-state index >= 15 is 0 Å². The molecule has 4 heteroatoms. The lowest BCUT2D eigenvalue weighted by molar-refractivity contribution is 1.16. The Morgan fingerprint density at radius 2 is 0.883 bits per heavy atom. The zero-order valence-corrected chi connectivity index (χ0v) is 32.4. The second-order valence-corrected chi connectivity index (χ2v) is 15.8. The van der Waals surface area contributed by atoms with Gasteiger partial charge in [-0.1, -0.05) is 158 Å². The Labute approximate surface area is 345 Å². The van der Waals surface area contributed by atoms with Gasteiger partial charge in [-0.2, -0.15) is 0 Å². The fourth-order valence-electron chi connectivity index (χ4n) is 9.73. The fourth-order valence-corrected chi connectivity index (χ4v) is 9.73. The normalized spacial score (nSPS) is 12.0. The second kappa shape index (κ2) is 12.7. The molecule has 4 aromatic heterocycles. The van der Waals surface area contributed by atoms with E-state index in [2.05, 4.69) is 209 Å². The quantitative estimate of drug-likeness (QED) is 0.175. The van der Waals surface area contributed by atoms with Gasteiger partial charge in [0, 0.05) is 60.1 Å². The summed E-state index contributed by atoms with van der Waals surface area (Å²) in [6.07, 6.45) is 0. The molecule has 0 amide bonds. The van der Waals surface area contributed by atoms with Crippen LogP contribution in [0.3, 0.4) is 0 Å². The van der Waals surface area contributed by atoms with Gasteiger partial charge in [-0.3, -0.25) is 0 Å². The first kappa shape index (κ1) is 32.9. The predicted octanol–water partition coefficient (Wildman–Crippen LogP) is 14.5. The van der Waals surface area contributed by atoms with Crippen LogP contribution in [0.15, 0.2) is 206 Å². The lowest BCUT2D eigenvalue weighted by Gasteiger charge is -2.13. The van der Waals surface area contributed by atoms with E-state index in [4.69, 9.17) is 9.97 Å². The average Bonchev–Trinajstić information content (AvgIpc) is 3.97. The van der Waals surface area contributed by atoms with Crippen molar-refractivity contribution in [3.8, 4) is 50.7 Å². The molecule has 0 N–H and O–H groups in total. The van der Waals surface area contributed by atoms with Gasteiger partial charge >= 0.3 is 0 Å². The van der Waals surface area contributed by atoms with Gasteiger partial charge in [0.15, 0.2) is 5.82 Å². The molecular formula is C56H34N4. The van der Waals surface area contributed by atoms with Crippen molar-refractivity contribution in [2.45, 2.75) is 0 Å². The largest absolute Gasteiger partial charge is 0.309 e. The highest BCUT2D eigenvalue weighted by Gasteiger charge is 2.21.